The molecule has 0 saturated carbocycles. The second kappa shape index (κ2) is 10.3. The molecule has 0 aliphatic heterocycles. The van der Waals surface area contributed by atoms with Gasteiger partial charge < -0.3 is 26.8 Å². The predicted octanol–water partition coefficient (Wildman–Crippen LogP) is -0.292. The van der Waals surface area contributed by atoms with Crippen molar-refractivity contribution >= 4 is 17.9 Å². The highest BCUT2D eigenvalue weighted by Gasteiger charge is 2.12. The molecule has 0 aliphatic rings. The first-order valence-corrected chi connectivity index (χ1v) is 5.76. The SMILES string of the molecule is CC(C)CC(N)C(=O)O.NC(CCC(=O)O)C(=O)O. The zero-order valence-electron chi connectivity index (χ0n) is 11.1. The lowest BCUT2D eigenvalue weighted by atomic mass is 10.1. The molecule has 0 aliphatic carbocycles. The minimum Gasteiger partial charge on any atom is -0.481 e. The summed E-state index contributed by atoms with van der Waals surface area (Å²) in [6.45, 7) is 3.89. The van der Waals surface area contributed by atoms with E-state index >= 15 is 0 Å². The largest absolute Gasteiger partial charge is 0.481 e. The van der Waals surface area contributed by atoms with E-state index in [2.05, 4.69) is 0 Å². The third-order valence-electron chi connectivity index (χ3n) is 2.03. The molecule has 0 aromatic rings. The molecule has 112 valence electrons. The first-order chi connectivity index (χ1) is 8.57. The first-order valence-electron chi connectivity index (χ1n) is 5.76. The van der Waals surface area contributed by atoms with Crippen LogP contribution in [0.25, 0.3) is 0 Å². The van der Waals surface area contributed by atoms with E-state index in [0.717, 1.165) is 0 Å². The summed E-state index contributed by atoms with van der Waals surface area (Å²) in [5.74, 6) is -2.75. The quantitative estimate of drug-likeness (QED) is 0.423. The third-order valence-corrected chi connectivity index (χ3v) is 2.03. The van der Waals surface area contributed by atoms with E-state index < -0.39 is 30.0 Å². The van der Waals surface area contributed by atoms with E-state index in [9.17, 15) is 14.4 Å². The van der Waals surface area contributed by atoms with Gasteiger partial charge in [-0.3, -0.25) is 14.4 Å². The lowest BCUT2D eigenvalue weighted by Crippen LogP contribution is -2.31. The summed E-state index contributed by atoms with van der Waals surface area (Å²) in [6.07, 6.45) is 0.327. The molecular formula is C11H22N2O6. The fraction of sp³-hybridized carbons (Fsp3) is 0.727. The number of hydrogen-bond acceptors (Lipinski definition) is 5. The number of carboxylic acids is 3. The monoisotopic (exact) mass is 278 g/mol. The van der Waals surface area contributed by atoms with Crippen LogP contribution in [0.4, 0.5) is 0 Å². The standard InChI is InChI=1S/C6H13NO2.C5H9NO4/c1-4(2)3-5(7)6(8)9;6-3(5(9)10)1-2-4(7)8/h4-5H,3,7H2,1-2H3,(H,8,9);3H,1-2,6H2,(H,7,8)(H,9,10). The van der Waals surface area contributed by atoms with Gasteiger partial charge in [0.15, 0.2) is 0 Å². The van der Waals surface area contributed by atoms with Crippen LogP contribution in [-0.4, -0.2) is 45.3 Å². The molecule has 8 heteroatoms. The molecule has 2 unspecified atom stereocenters. The van der Waals surface area contributed by atoms with Crippen LogP contribution in [0.1, 0.15) is 33.1 Å². The Kier molecular flexibility index (Phi) is 10.6. The van der Waals surface area contributed by atoms with Crippen molar-refractivity contribution in [2.45, 2.75) is 45.2 Å². The number of hydrogen-bond donors (Lipinski definition) is 5. The predicted molar refractivity (Wildman–Crippen MR) is 67.5 cm³/mol. The third kappa shape index (κ3) is 14.3. The molecule has 0 radical (unpaired) electrons. The minimum atomic E-state index is -1.17. The van der Waals surface area contributed by atoms with Gasteiger partial charge in [0.05, 0.1) is 0 Å². The molecule has 2 atom stereocenters. The van der Waals surface area contributed by atoms with E-state index in [-0.39, 0.29) is 12.8 Å². The molecule has 0 saturated heterocycles. The van der Waals surface area contributed by atoms with Crippen molar-refractivity contribution in [2.24, 2.45) is 17.4 Å². The minimum absolute atomic E-state index is 0.0231. The van der Waals surface area contributed by atoms with Crippen molar-refractivity contribution in [1.29, 1.82) is 0 Å². The van der Waals surface area contributed by atoms with Crippen molar-refractivity contribution in [2.75, 3.05) is 0 Å². The van der Waals surface area contributed by atoms with Crippen LogP contribution < -0.4 is 11.5 Å². The molecule has 0 heterocycles. The molecule has 0 amide bonds. The average Bonchev–Trinajstić information content (AvgIpc) is 2.25. The summed E-state index contributed by atoms with van der Waals surface area (Å²) in [7, 11) is 0. The number of rotatable bonds is 7. The smallest absolute Gasteiger partial charge is 0.320 e. The molecule has 8 nitrogen and oxygen atoms in total. The molecule has 0 aromatic carbocycles. The number of carbonyl (C=O) groups is 3. The Morgan fingerprint density at radius 3 is 1.58 bits per heavy atom. The molecule has 0 aromatic heterocycles. The Bertz CT molecular complexity index is 306. The van der Waals surface area contributed by atoms with Gasteiger partial charge in [0.2, 0.25) is 0 Å². The number of nitrogens with two attached hydrogens (primary N) is 2. The van der Waals surface area contributed by atoms with Gasteiger partial charge in [0.1, 0.15) is 12.1 Å². The van der Waals surface area contributed by atoms with Crippen molar-refractivity contribution in [3.05, 3.63) is 0 Å². The maximum Gasteiger partial charge on any atom is 0.320 e. The summed E-state index contributed by atoms with van der Waals surface area (Å²) in [5.41, 5.74) is 10.2. The van der Waals surface area contributed by atoms with E-state index in [1.54, 1.807) is 0 Å². The average molecular weight is 278 g/mol. The van der Waals surface area contributed by atoms with E-state index in [0.29, 0.717) is 12.3 Å². The second-order valence-electron chi connectivity index (χ2n) is 4.45. The Morgan fingerprint density at radius 1 is 0.947 bits per heavy atom. The second-order valence-corrected chi connectivity index (χ2v) is 4.45. The van der Waals surface area contributed by atoms with E-state index in [4.69, 9.17) is 26.8 Å². The molecule has 0 spiro atoms. The Balaban J connectivity index is 0. The molecular weight excluding hydrogens is 256 g/mol. The summed E-state index contributed by atoms with van der Waals surface area (Å²) in [4.78, 5) is 30.0. The van der Waals surface area contributed by atoms with Gasteiger partial charge in [-0.2, -0.15) is 0 Å². The summed E-state index contributed by atoms with van der Waals surface area (Å²) < 4.78 is 0. The fourth-order valence-corrected chi connectivity index (χ4v) is 1.01. The van der Waals surface area contributed by atoms with Gasteiger partial charge >= 0.3 is 17.9 Å². The van der Waals surface area contributed by atoms with Crippen LogP contribution in [-0.2, 0) is 14.4 Å². The summed E-state index contributed by atoms with van der Waals surface area (Å²) >= 11 is 0. The maximum absolute atomic E-state index is 10.1. The molecule has 0 bridgehead atoms. The van der Waals surface area contributed by atoms with Crippen LogP contribution in [0, 0.1) is 5.92 Å². The summed E-state index contributed by atoms with van der Waals surface area (Å²) in [5, 5.41) is 24.6. The van der Waals surface area contributed by atoms with Crippen molar-refractivity contribution < 1.29 is 29.7 Å². The van der Waals surface area contributed by atoms with E-state index in [1.807, 2.05) is 13.8 Å². The van der Waals surface area contributed by atoms with Crippen LogP contribution in [0.5, 0.6) is 0 Å². The van der Waals surface area contributed by atoms with Gasteiger partial charge in [0, 0.05) is 6.42 Å². The first kappa shape index (κ1) is 19.7. The highest BCUT2D eigenvalue weighted by Crippen LogP contribution is 2.01. The van der Waals surface area contributed by atoms with Gasteiger partial charge in [-0.25, -0.2) is 0 Å². The number of carboxylic acid groups (broad SMARTS) is 3. The van der Waals surface area contributed by atoms with Gasteiger partial charge in [-0.1, -0.05) is 13.8 Å². The fourth-order valence-electron chi connectivity index (χ4n) is 1.01. The Morgan fingerprint density at radius 2 is 1.37 bits per heavy atom. The topological polar surface area (TPSA) is 164 Å². The van der Waals surface area contributed by atoms with Gasteiger partial charge in [-0.05, 0) is 18.8 Å². The van der Waals surface area contributed by atoms with Gasteiger partial charge in [0.25, 0.3) is 0 Å². The van der Waals surface area contributed by atoms with Gasteiger partial charge in [-0.15, -0.1) is 0 Å². The zero-order valence-corrected chi connectivity index (χ0v) is 11.1. The molecule has 19 heavy (non-hydrogen) atoms. The van der Waals surface area contributed by atoms with Crippen LogP contribution in [0.3, 0.4) is 0 Å². The lowest BCUT2D eigenvalue weighted by Gasteiger charge is -2.07. The van der Waals surface area contributed by atoms with Crippen molar-refractivity contribution in [3.8, 4) is 0 Å². The normalized spacial score (nSPS) is 13.1. The number of aliphatic carboxylic acids is 3. The Labute approximate surface area is 111 Å². The van der Waals surface area contributed by atoms with Crippen molar-refractivity contribution in [1.82, 2.24) is 0 Å². The van der Waals surface area contributed by atoms with Crippen molar-refractivity contribution in [3.63, 3.8) is 0 Å². The molecule has 0 rings (SSSR count). The zero-order chi connectivity index (χ0) is 15.6. The maximum atomic E-state index is 10.1. The van der Waals surface area contributed by atoms with Crippen LogP contribution >= 0.6 is 0 Å². The highest BCUT2D eigenvalue weighted by atomic mass is 16.4. The highest BCUT2D eigenvalue weighted by molar-refractivity contribution is 5.74. The van der Waals surface area contributed by atoms with Crippen LogP contribution in [0.2, 0.25) is 0 Å². The summed E-state index contributed by atoms with van der Waals surface area (Å²) in [6, 6.07) is -1.75. The molecule has 7 N–H and O–H groups in total. The lowest BCUT2D eigenvalue weighted by molar-refractivity contribution is -0.140. The molecule has 0 fully saturated rings. The van der Waals surface area contributed by atoms with Crippen LogP contribution in [0.15, 0.2) is 0 Å². The Hall–Kier alpha value is -1.67. The van der Waals surface area contributed by atoms with E-state index in [1.165, 1.54) is 0 Å².